The van der Waals surface area contributed by atoms with Crippen molar-refractivity contribution < 1.29 is 9.53 Å². The molecule has 1 fully saturated rings. The average molecular weight is 252 g/mol. The zero-order chi connectivity index (χ0) is 12.8. The Bertz CT molecular complexity index is 309. The molecule has 1 saturated heterocycles. The Kier molecular flexibility index (Phi) is 5.20. The van der Waals surface area contributed by atoms with Crippen LogP contribution in [0, 0.1) is 0 Å². The Morgan fingerprint density at radius 3 is 2.94 bits per heavy atom. The second kappa shape index (κ2) is 6.90. The molecule has 0 bridgehead atoms. The van der Waals surface area contributed by atoms with E-state index in [-0.39, 0.29) is 11.9 Å². The highest BCUT2D eigenvalue weighted by Crippen LogP contribution is 2.19. The highest BCUT2D eigenvalue weighted by atomic mass is 16.5. The molecule has 1 N–H and O–H groups in total. The Balaban J connectivity index is 1.66. The summed E-state index contributed by atoms with van der Waals surface area (Å²) >= 11 is 0. The highest BCUT2D eigenvalue weighted by Gasteiger charge is 2.21. The predicted molar refractivity (Wildman–Crippen MR) is 71.4 cm³/mol. The molecule has 1 aliphatic heterocycles. The summed E-state index contributed by atoms with van der Waals surface area (Å²) in [6, 6.07) is -0.0786. The van der Waals surface area contributed by atoms with E-state index in [1.54, 1.807) is 5.57 Å². The number of rotatable bonds is 5. The van der Waals surface area contributed by atoms with Gasteiger partial charge in [-0.05, 0) is 39.2 Å². The molecule has 1 heterocycles. The third-order valence-corrected chi connectivity index (χ3v) is 3.72. The molecule has 0 radical (unpaired) electrons. The first-order chi connectivity index (χ1) is 8.77. The van der Waals surface area contributed by atoms with Crippen molar-refractivity contribution in [2.24, 2.45) is 0 Å². The van der Waals surface area contributed by atoms with E-state index in [4.69, 9.17) is 4.74 Å². The van der Waals surface area contributed by atoms with Crippen LogP contribution in [0.25, 0.3) is 0 Å². The average Bonchev–Trinajstić information content (AvgIpc) is 2.92. The summed E-state index contributed by atoms with van der Waals surface area (Å²) in [4.78, 5) is 14.0. The molecule has 0 aromatic rings. The fourth-order valence-corrected chi connectivity index (χ4v) is 2.56. The van der Waals surface area contributed by atoms with Crippen molar-refractivity contribution in [3.63, 3.8) is 0 Å². The predicted octanol–water partition coefficient (Wildman–Crippen LogP) is 1.32. The Morgan fingerprint density at radius 1 is 1.50 bits per heavy atom. The van der Waals surface area contributed by atoms with Crippen LogP contribution < -0.4 is 5.32 Å². The van der Waals surface area contributed by atoms with Gasteiger partial charge in [-0.25, -0.2) is 0 Å². The summed E-state index contributed by atoms with van der Waals surface area (Å²) < 4.78 is 5.26. The molecule has 18 heavy (non-hydrogen) atoms. The molecule has 1 amide bonds. The van der Waals surface area contributed by atoms with E-state index in [0.29, 0.717) is 13.2 Å². The second-order valence-electron chi connectivity index (χ2n) is 5.12. The number of ether oxygens (including phenoxy) is 1. The standard InChI is InChI=1S/C14H24N2O2/c1-12(14(17)16-8-10-18-11-9-16)15-7-6-13-4-2-3-5-13/h4,12,15H,2-3,5-11H2,1H3. The number of amides is 1. The van der Waals surface area contributed by atoms with Crippen molar-refractivity contribution >= 4 is 5.91 Å². The number of allylic oxidation sites excluding steroid dienone is 1. The van der Waals surface area contributed by atoms with Gasteiger partial charge in [0.2, 0.25) is 5.91 Å². The van der Waals surface area contributed by atoms with Crippen LogP contribution in [-0.4, -0.2) is 49.7 Å². The molecule has 102 valence electrons. The first kappa shape index (κ1) is 13.6. The second-order valence-corrected chi connectivity index (χ2v) is 5.12. The van der Waals surface area contributed by atoms with Gasteiger partial charge in [0.15, 0.2) is 0 Å². The van der Waals surface area contributed by atoms with E-state index in [1.165, 1.54) is 19.3 Å². The van der Waals surface area contributed by atoms with E-state index in [9.17, 15) is 4.79 Å². The highest BCUT2D eigenvalue weighted by molar-refractivity contribution is 5.81. The number of nitrogens with one attached hydrogen (secondary N) is 1. The van der Waals surface area contributed by atoms with Crippen LogP contribution in [0.4, 0.5) is 0 Å². The van der Waals surface area contributed by atoms with Gasteiger partial charge in [-0.2, -0.15) is 0 Å². The molecule has 0 aromatic heterocycles. The van der Waals surface area contributed by atoms with Crippen molar-refractivity contribution in [2.75, 3.05) is 32.8 Å². The van der Waals surface area contributed by atoms with Crippen LogP contribution in [0.15, 0.2) is 11.6 Å². The van der Waals surface area contributed by atoms with E-state index in [1.807, 2.05) is 11.8 Å². The van der Waals surface area contributed by atoms with E-state index < -0.39 is 0 Å². The summed E-state index contributed by atoms with van der Waals surface area (Å²) in [5, 5.41) is 3.33. The van der Waals surface area contributed by atoms with Crippen LogP contribution in [0.5, 0.6) is 0 Å². The van der Waals surface area contributed by atoms with E-state index >= 15 is 0 Å². The summed E-state index contributed by atoms with van der Waals surface area (Å²) in [7, 11) is 0. The quantitative estimate of drug-likeness (QED) is 0.750. The van der Waals surface area contributed by atoms with E-state index in [0.717, 1.165) is 26.1 Å². The minimum absolute atomic E-state index is 0.0786. The molecule has 1 atom stereocenters. The molecule has 1 aliphatic carbocycles. The van der Waals surface area contributed by atoms with Crippen LogP contribution in [0.3, 0.4) is 0 Å². The Morgan fingerprint density at radius 2 is 2.28 bits per heavy atom. The first-order valence-corrected chi connectivity index (χ1v) is 7.05. The van der Waals surface area contributed by atoms with Crippen molar-refractivity contribution in [2.45, 2.75) is 38.6 Å². The topological polar surface area (TPSA) is 41.6 Å². The number of hydrogen-bond acceptors (Lipinski definition) is 3. The van der Waals surface area contributed by atoms with Gasteiger partial charge in [0.25, 0.3) is 0 Å². The molecule has 0 saturated carbocycles. The number of morpholine rings is 1. The maximum Gasteiger partial charge on any atom is 0.239 e. The minimum Gasteiger partial charge on any atom is -0.378 e. The van der Waals surface area contributed by atoms with Gasteiger partial charge in [0.1, 0.15) is 0 Å². The number of carbonyl (C=O) groups is 1. The molecule has 2 aliphatic rings. The molecular formula is C14H24N2O2. The van der Waals surface area contributed by atoms with Crippen LogP contribution in [-0.2, 0) is 9.53 Å². The third-order valence-electron chi connectivity index (χ3n) is 3.72. The van der Waals surface area contributed by atoms with Crippen LogP contribution >= 0.6 is 0 Å². The lowest BCUT2D eigenvalue weighted by molar-refractivity contribution is -0.137. The van der Waals surface area contributed by atoms with Crippen LogP contribution in [0.2, 0.25) is 0 Å². The molecule has 4 heteroatoms. The zero-order valence-corrected chi connectivity index (χ0v) is 11.3. The zero-order valence-electron chi connectivity index (χ0n) is 11.3. The molecule has 0 spiro atoms. The monoisotopic (exact) mass is 252 g/mol. The van der Waals surface area contributed by atoms with Gasteiger partial charge < -0.3 is 15.0 Å². The smallest absolute Gasteiger partial charge is 0.239 e. The van der Waals surface area contributed by atoms with Gasteiger partial charge in [0.05, 0.1) is 19.3 Å². The minimum atomic E-state index is -0.0786. The lowest BCUT2D eigenvalue weighted by Gasteiger charge is -2.29. The van der Waals surface area contributed by atoms with Gasteiger partial charge in [-0.1, -0.05) is 11.6 Å². The number of nitrogens with zero attached hydrogens (tertiary/aromatic N) is 1. The molecule has 4 nitrogen and oxygen atoms in total. The maximum absolute atomic E-state index is 12.1. The normalized spacial score (nSPS) is 21.8. The summed E-state index contributed by atoms with van der Waals surface area (Å²) in [6.45, 7) is 5.67. The summed E-state index contributed by atoms with van der Waals surface area (Å²) in [6.07, 6.45) is 7.21. The fourth-order valence-electron chi connectivity index (χ4n) is 2.56. The van der Waals surface area contributed by atoms with Gasteiger partial charge in [-0.3, -0.25) is 4.79 Å². The van der Waals surface area contributed by atoms with Gasteiger partial charge in [0, 0.05) is 13.1 Å². The van der Waals surface area contributed by atoms with Gasteiger partial charge in [-0.15, -0.1) is 0 Å². The SMILES string of the molecule is CC(NCCC1=CCCC1)C(=O)N1CCOCC1. The fraction of sp³-hybridized carbons (Fsp3) is 0.786. The molecular weight excluding hydrogens is 228 g/mol. The lowest BCUT2D eigenvalue weighted by atomic mass is 10.1. The van der Waals surface area contributed by atoms with Gasteiger partial charge >= 0.3 is 0 Å². The summed E-state index contributed by atoms with van der Waals surface area (Å²) in [5.41, 5.74) is 1.55. The van der Waals surface area contributed by atoms with E-state index in [2.05, 4.69) is 11.4 Å². The van der Waals surface area contributed by atoms with Crippen molar-refractivity contribution in [3.8, 4) is 0 Å². The lowest BCUT2D eigenvalue weighted by Crippen LogP contribution is -2.49. The Labute approximate surface area is 109 Å². The summed E-state index contributed by atoms with van der Waals surface area (Å²) in [5.74, 6) is 0.207. The first-order valence-electron chi connectivity index (χ1n) is 7.05. The number of hydrogen-bond donors (Lipinski definition) is 1. The maximum atomic E-state index is 12.1. The van der Waals surface area contributed by atoms with Crippen molar-refractivity contribution in [3.05, 3.63) is 11.6 Å². The molecule has 0 aromatic carbocycles. The number of carbonyl (C=O) groups excluding carboxylic acids is 1. The third kappa shape index (κ3) is 3.82. The molecule has 1 unspecified atom stereocenters. The van der Waals surface area contributed by atoms with Crippen molar-refractivity contribution in [1.29, 1.82) is 0 Å². The largest absolute Gasteiger partial charge is 0.378 e. The Hall–Kier alpha value is -0.870. The molecule has 2 rings (SSSR count). The van der Waals surface area contributed by atoms with Crippen LogP contribution in [0.1, 0.15) is 32.6 Å². The van der Waals surface area contributed by atoms with Crippen molar-refractivity contribution in [1.82, 2.24) is 10.2 Å².